The molecule has 3 rings (SSSR count). The van der Waals surface area contributed by atoms with Crippen LogP contribution in [0.25, 0.3) is 0 Å². The third-order valence-electron chi connectivity index (χ3n) is 3.09. The lowest BCUT2D eigenvalue weighted by molar-refractivity contribution is 0.611. The summed E-state index contributed by atoms with van der Waals surface area (Å²) in [5.74, 6) is 3.05. The minimum atomic E-state index is 0.574. The number of thioether (sulfide) groups is 1. The van der Waals surface area contributed by atoms with Crippen LogP contribution in [0.5, 0.6) is 0 Å². The summed E-state index contributed by atoms with van der Waals surface area (Å²) in [5, 5.41) is 9.47. The molecule has 1 aliphatic heterocycles. The van der Waals surface area contributed by atoms with Crippen molar-refractivity contribution in [3.8, 4) is 0 Å². The molecule has 0 spiro atoms. The average molecular weight is 244 g/mol. The van der Waals surface area contributed by atoms with Gasteiger partial charge in [-0.05, 0) is 43.0 Å². The molecule has 1 aromatic rings. The van der Waals surface area contributed by atoms with E-state index in [1.165, 1.54) is 31.4 Å². The zero-order chi connectivity index (χ0) is 10.3. The first-order valence-corrected chi connectivity index (χ1v) is 6.97. The van der Waals surface area contributed by atoms with Gasteiger partial charge in [0.25, 0.3) is 0 Å². The van der Waals surface area contributed by atoms with Crippen LogP contribution in [-0.4, -0.2) is 25.8 Å². The smallest absolute Gasteiger partial charge is 0.225 e. The number of rotatable bonds is 3. The van der Waals surface area contributed by atoms with Gasteiger partial charge in [0.2, 0.25) is 5.28 Å². The number of nitrogens with zero attached hydrogens (tertiary/aromatic N) is 3. The molecule has 1 saturated carbocycles. The van der Waals surface area contributed by atoms with Crippen molar-refractivity contribution < 1.29 is 0 Å². The summed E-state index contributed by atoms with van der Waals surface area (Å²) >= 11 is 8.13. The van der Waals surface area contributed by atoms with Gasteiger partial charge in [-0.3, -0.25) is 0 Å². The molecule has 15 heavy (non-hydrogen) atoms. The SMILES string of the molecule is Clc1nnc(C2CC2)n1CC1CCCS1. The van der Waals surface area contributed by atoms with Crippen LogP contribution < -0.4 is 0 Å². The van der Waals surface area contributed by atoms with Crippen LogP contribution in [-0.2, 0) is 6.54 Å². The van der Waals surface area contributed by atoms with Crippen molar-refractivity contribution >= 4 is 23.4 Å². The predicted octanol–water partition coefficient (Wildman–Crippen LogP) is 2.70. The van der Waals surface area contributed by atoms with E-state index >= 15 is 0 Å². The van der Waals surface area contributed by atoms with Crippen LogP contribution in [0.2, 0.25) is 5.28 Å². The summed E-state index contributed by atoms with van der Waals surface area (Å²) in [4.78, 5) is 0. The van der Waals surface area contributed by atoms with Gasteiger partial charge in [-0.15, -0.1) is 10.2 Å². The van der Waals surface area contributed by atoms with E-state index in [-0.39, 0.29) is 0 Å². The number of hydrogen-bond donors (Lipinski definition) is 0. The molecule has 0 N–H and O–H groups in total. The van der Waals surface area contributed by atoms with Crippen molar-refractivity contribution in [2.24, 2.45) is 0 Å². The van der Waals surface area contributed by atoms with Crippen LogP contribution in [0.1, 0.15) is 37.4 Å². The van der Waals surface area contributed by atoms with Gasteiger partial charge in [-0.2, -0.15) is 11.8 Å². The van der Waals surface area contributed by atoms with E-state index in [0.29, 0.717) is 11.2 Å². The van der Waals surface area contributed by atoms with Crippen LogP contribution in [0.15, 0.2) is 0 Å². The van der Waals surface area contributed by atoms with Crippen molar-refractivity contribution in [1.82, 2.24) is 14.8 Å². The standard InChI is InChI=1S/C10H14ClN3S/c11-10-13-12-9(7-3-4-7)14(10)6-8-2-1-5-15-8/h7-8H,1-6H2. The molecule has 0 amide bonds. The molecule has 82 valence electrons. The summed E-state index contributed by atoms with van der Waals surface area (Å²) in [6.45, 7) is 1.00. The maximum absolute atomic E-state index is 6.08. The fraction of sp³-hybridized carbons (Fsp3) is 0.800. The first kappa shape index (κ1) is 9.97. The van der Waals surface area contributed by atoms with Crippen LogP contribution in [0.4, 0.5) is 0 Å². The summed E-state index contributed by atoms with van der Waals surface area (Å²) in [7, 11) is 0. The van der Waals surface area contributed by atoms with Crippen molar-refractivity contribution in [3.05, 3.63) is 11.1 Å². The Balaban J connectivity index is 1.79. The van der Waals surface area contributed by atoms with E-state index in [9.17, 15) is 0 Å². The minimum Gasteiger partial charge on any atom is -0.300 e. The minimum absolute atomic E-state index is 0.574. The molecule has 0 bridgehead atoms. The Morgan fingerprint density at radius 1 is 1.33 bits per heavy atom. The summed E-state index contributed by atoms with van der Waals surface area (Å²) in [5.41, 5.74) is 0. The van der Waals surface area contributed by atoms with Crippen LogP contribution in [0.3, 0.4) is 0 Å². The molecule has 5 heteroatoms. The molecular weight excluding hydrogens is 230 g/mol. The second-order valence-corrected chi connectivity index (χ2v) is 6.09. The van der Waals surface area contributed by atoms with E-state index in [0.717, 1.165) is 17.6 Å². The maximum Gasteiger partial charge on any atom is 0.225 e. The molecule has 1 unspecified atom stereocenters. The molecule has 3 nitrogen and oxygen atoms in total. The third kappa shape index (κ3) is 2.02. The fourth-order valence-electron chi connectivity index (χ4n) is 2.10. The Morgan fingerprint density at radius 3 is 2.87 bits per heavy atom. The average Bonchev–Trinajstić information content (AvgIpc) is 2.82. The predicted molar refractivity (Wildman–Crippen MR) is 62.5 cm³/mol. The molecule has 1 aromatic heterocycles. The topological polar surface area (TPSA) is 30.7 Å². The molecule has 1 aliphatic carbocycles. The number of hydrogen-bond acceptors (Lipinski definition) is 3. The molecule has 0 aromatic carbocycles. The zero-order valence-electron chi connectivity index (χ0n) is 8.53. The van der Waals surface area contributed by atoms with Crippen molar-refractivity contribution in [1.29, 1.82) is 0 Å². The largest absolute Gasteiger partial charge is 0.300 e. The molecular formula is C10H14ClN3S. The first-order valence-electron chi connectivity index (χ1n) is 5.55. The highest BCUT2D eigenvalue weighted by molar-refractivity contribution is 8.00. The molecule has 0 radical (unpaired) electrons. The highest BCUT2D eigenvalue weighted by atomic mass is 35.5. The van der Waals surface area contributed by atoms with E-state index in [2.05, 4.69) is 26.5 Å². The third-order valence-corrected chi connectivity index (χ3v) is 4.75. The summed E-state index contributed by atoms with van der Waals surface area (Å²) in [6, 6.07) is 0. The quantitative estimate of drug-likeness (QED) is 0.818. The van der Waals surface area contributed by atoms with Gasteiger partial charge < -0.3 is 4.57 Å². The Kier molecular flexibility index (Phi) is 2.64. The van der Waals surface area contributed by atoms with Gasteiger partial charge in [-0.1, -0.05) is 0 Å². The Morgan fingerprint density at radius 2 is 2.20 bits per heavy atom. The Labute approximate surface area is 98.6 Å². The van der Waals surface area contributed by atoms with Crippen molar-refractivity contribution in [2.45, 2.75) is 43.4 Å². The maximum atomic E-state index is 6.08. The molecule has 1 atom stereocenters. The molecule has 1 saturated heterocycles. The van der Waals surface area contributed by atoms with Gasteiger partial charge in [0, 0.05) is 17.7 Å². The normalized spacial score (nSPS) is 26.1. The second kappa shape index (κ2) is 3.98. The first-order chi connectivity index (χ1) is 7.34. The fourth-order valence-corrected chi connectivity index (χ4v) is 3.55. The zero-order valence-corrected chi connectivity index (χ0v) is 10.1. The van der Waals surface area contributed by atoms with Gasteiger partial charge in [-0.25, -0.2) is 0 Å². The molecule has 2 heterocycles. The Bertz CT molecular complexity index is 356. The van der Waals surface area contributed by atoms with Crippen LogP contribution in [0, 0.1) is 0 Å². The monoisotopic (exact) mass is 243 g/mol. The lowest BCUT2D eigenvalue weighted by Crippen LogP contribution is -2.12. The van der Waals surface area contributed by atoms with Crippen LogP contribution >= 0.6 is 23.4 Å². The molecule has 2 aliphatic rings. The lowest BCUT2D eigenvalue weighted by atomic mass is 10.2. The van der Waals surface area contributed by atoms with Crippen molar-refractivity contribution in [3.63, 3.8) is 0 Å². The highest BCUT2D eigenvalue weighted by Crippen LogP contribution is 2.40. The van der Waals surface area contributed by atoms with Gasteiger partial charge in [0.15, 0.2) is 0 Å². The van der Waals surface area contributed by atoms with Gasteiger partial charge in [0.05, 0.1) is 0 Å². The van der Waals surface area contributed by atoms with E-state index in [1.54, 1.807) is 0 Å². The van der Waals surface area contributed by atoms with Gasteiger partial charge >= 0.3 is 0 Å². The number of halogens is 1. The lowest BCUT2D eigenvalue weighted by Gasteiger charge is -2.11. The highest BCUT2D eigenvalue weighted by Gasteiger charge is 2.31. The number of aromatic nitrogens is 3. The van der Waals surface area contributed by atoms with E-state index in [4.69, 9.17) is 11.6 Å². The van der Waals surface area contributed by atoms with Crippen molar-refractivity contribution in [2.75, 3.05) is 5.75 Å². The Hall–Kier alpha value is -0.220. The summed E-state index contributed by atoms with van der Waals surface area (Å²) < 4.78 is 2.13. The van der Waals surface area contributed by atoms with E-state index in [1.807, 2.05) is 0 Å². The molecule has 2 fully saturated rings. The van der Waals surface area contributed by atoms with Gasteiger partial charge in [0.1, 0.15) is 5.82 Å². The van der Waals surface area contributed by atoms with E-state index < -0.39 is 0 Å². The summed E-state index contributed by atoms with van der Waals surface area (Å²) in [6.07, 6.45) is 5.16. The second-order valence-electron chi connectivity index (χ2n) is 4.35.